The van der Waals surface area contributed by atoms with Crippen LogP contribution in [0.5, 0.6) is 0 Å². The lowest BCUT2D eigenvalue weighted by Gasteiger charge is -2.33. The Bertz CT molecular complexity index is 886. The molecule has 1 saturated heterocycles. The van der Waals surface area contributed by atoms with Crippen molar-refractivity contribution in [2.75, 3.05) is 23.3 Å². The Morgan fingerprint density at radius 1 is 1.20 bits per heavy atom. The molecule has 0 aromatic heterocycles. The van der Waals surface area contributed by atoms with Crippen molar-refractivity contribution in [3.63, 3.8) is 0 Å². The third kappa shape index (κ3) is 5.79. The Balaban J connectivity index is 1.60. The standard InChI is InChI=1S/C22H25ClF3N3S/c1-14-4-3-11-29(13-14)18-8-5-16(6-9-18)15(2)27-21(30)28-17-7-10-20(23)19(12-17)22(24,25)26/h5-10,12,14-15H,3-4,11,13H2,1-2H3,(H2,27,28,30)/t14-,15+/m0/s1. The summed E-state index contributed by atoms with van der Waals surface area (Å²) in [7, 11) is 0. The zero-order valence-corrected chi connectivity index (χ0v) is 18.5. The molecule has 0 amide bonds. The first-order valence-electron chi connectivity index (χ1n) is 9.92. The second kappa shape index (κ2) is 9.43. The first kappa shape index (κ1) is 22.7. The maximum Gasteiger partial charge on any atom is 0.417 e. The summed E-state index contributed by atoms with van der Waals surface area (Å²) in [4.78, 5) is 2.40. The number of halogens is 4. The fourth-order valence-electron chi connectivity index (χ4n) is 3.67. The third-order valence-corrected chi connectivity index (χ3v) is 5.84. The molecule has 0 saturated carbocycles. The first-order chi connectivity index (χ1) is 14.1. The Kier molecular flexibility index (Phi) is 7.14. The van der Waals surface area contributed by atoms with Crippen molar-refractivity contribution in [3.05, 3.63) is 58.6 Å². The van der Waals surface area contributed by atoms with Gasteiger partial charge in [-0.15, -0.1) is 0 Å². The predicted molar refractivity (Wildman–Crippen MR) is 121 cm³/mol. The van der Waals surface area contributed by atoms with E-state index >= 15 is 0 Å². The van der Waals surface area contributed by atoms with Crippen molar-refractivity contribution in [1.29, 1.82) is 0 Å². The molecule has 2 aromatic carbocycles. The number of hydrogen-bond acceptors (Lipinski definition) is 2. The second-order valence-corrected chi connectivity index (χ2v) is 8.61. The highest BCUT2D eigenvalue weighted by Gasteiger charge is 2.33. The van der Waals surface area contributed by atoms with Crippen LogP contribution in [0.25, 0.3) is 0 Å². The van der Waals surface area contributed by atoms with Gasteiger partial charge in [-0.1, -0.05) is 30.7 Å². The summed E-state index contributed by atoms with van der Waals surface area (Å²) in [6.45, 7) is 6.38. The lowest BCUT2D eigenvalue weighted by Crippen LogP contribution is -2.34. The van der Waals surface area contributed by atoms with Gasteiger partial charge in [0.05, 0.1) is 16.6 Å². The lowest BCUT2D eigenvalue weighted by molar-refractivity contribution is -0.137. The Morgan fingerprint density at radius 2 is 1.90 bits per heavy atom. The number of rotatable bonds is 4. The van der Waals surface area contributed by atoms with E-state index in [9.17, 15) is 13.2 Å². The number of hydrogen-bond donors (Lipinski definition) is 2. The quantitative estimate of drug-likeness (QED) is 0.505. The van der Waals surface area contributed by atoms with Gasteiger partial charge >= 0.3 is 6.18 Å². The van der Waals surface area contributed by atoms with E-state index in [4.69, 9.17) is 23.8 Å². The van der Waals surface area contributed by atoms with Gasteiger partial charge in [0.25, 0.3) is 0 Å². The van der Waals surface area contributed by atoms with Gasteiger partial charge in [-0.3, -0.25) is 0 Å². The summed E-state index contributed by atoms with van der Waals surface area (Å²) in [5, 5.41) is 5.82. The zero-order chi connectivity index (χ0) is 21.9. The van der Waals surface area contributed by atoms with Crippen molar-refractivity contribution in [3.8, 4) is 0 Å². The minimum absolute atomic E-state index is 0.103. The van der Waals surface area contributed by atoms with Crippen molar-refractivity contribution < 1.29 is 13.2 Å². The molecule has 1 aliphatic rings. The SMILES string of the molecule is C[C@H]1CCCN(c2ccc([C@@H](C)NC(=S)Nc3ccc(Cl)c(C(F)(F)F)c3)cc2)C1. The molecule has 2 N–H and O–H groups in total. The maximum atomic E-state index is 13.0. The van der Waals surface area contributed by atoms with Crippen LogP contribution in [0, 0.1) is 5.92 Å². The molecule has 1 aliphatic heterocycles. The monoisotopic (exact) mass is 455 g/mol. The molecule has 0 aliphatic carbocycles. The van der Waals surface area contributed by atoms with Gasteiger partial charge in [-0.05, 0) is 73.8 Å². The fraction of sp³-hybridized carbons (Fsp3) is 0.409. The van der Waals surface area contributed by atoms with Crippen LogP contribution in [0.2, 0.25) is 5.02 Å². The van der Waals surface area contributed by atoms with Crippen LogP contribution < -0.4 is 15.5 Å². The van der Waals surface area contributed by atoms with Crippen LogP contribution in [0.4, 0.5) is 24.5 Å². The van der Waals surface area contributed by atoms with Crippen molar-refractivity contribution >= 4 is 40.3 Å². The highest BCUT2D eigenvalue weighted by molar-refractivity contribution is 7.80. The highest BCUT2D eigenvalue weighted by atomic mass is 35.5. The van der Waals surface area contributed by atoms with Gasteiger partial charge in [0.2, 0.25) is 0 Å². The Morgan fingerprint density at radius 3 is 2.53 bits per heavy atom. The van der Waals surface area contributed by atoms with Gasteiger partial charge in [0, 0.05) is 24.5 Å². The van der Waals surface area contributed by atoms with Gasteiger partial charge in [-0.25, -0.2) is 0 Å². The van der Waals surface area contributed by atoms with E-state index in [0.29, 0.717) is 5.92 Å². The summed E-state index contributed by atoms with van der Waals surface area (Å²) < 4.78 is 39.1. The molecular weight excluding hydrogens is 431 g/mol. The lowest BCUT2D eigenvalue weighted by atomic mass is 9.99. The minimum atomic E-state index is -4.52. The highest BCUT2D eigenvalue weighted by Crippen LogP contribution is 2.36. The van der Waals surface area contributed by atoms with E-state index in [-0.39, 0.29) is 21.9 Å². The molecule has 0 spiro atoms. The molecule has 3 nitrogen and oxygen atoms in total. The molecule has 2 aromatic rings. The molecule has 162 valence electrons. The van der Waals surface area contributed by atoms with Gasteiger partial charge < -0.3 is 15.5 Å². The summed E-state index contributed by atoms with van der Waals surface area (Å²) in [5.41, 5.74) is 1.58. The van der Waals surface area contributed by atoms with Gasteiger partial charge in [-0.2, -0.15) is 13.2 Å². The summed E-state index contributed by atoms with van der Waals surface area (Å²) in [5.74, 6) is 0.702. The molecule has 8 heteroatoms. The molecular formula is C22H25ClF3N3S. The average Bonchev–Trinajstić information content (AvgIpc) is 2.68. The summed E-state index contributed by atoms with van der Waals surface area (Å²) in [6.07, 6.45) is -2.04. The van der Waals surface area contributed by atoms with E-state index in [1.807, 2.05) is 6.92 Å². The smallest absolute Gasteiger partial charge is 0.371 e. The van der Waals surface area contributed by atoms with Crippen LogP contribution in [0.3, 0.4) is 0 Å². The van der Waals surface area contributed by atoms with E-state index in [1.54, 1.807) is 0 Å². The maximum absolute atomic E-state index is 13.0. The molecule has 3 rings (SSSR count). The molecule has 2 atom stereocenters. The molecule has 0 bridgehead atoms. The summed E-state index contributed by atoms with van der Waals surface area (Å²) in [6, 6.07) is 11.8. The Hall–Kier alpha value is -1.99. The molecule has 30 heavy (non-hydrogen) atoms. The number of piperidine rings is 1. The van der Waals surface area contributed by atoms with E-state index in [0.717, 1.165) is 24.7 Å². The van der Waals surface area contributed by atoms with Crippen LogP contribution in [0.15, 0.2) is 42.5 Å². The van der Waals surface area contributed by atoms with E-state index in [2.05, 4.69) is 46.7 Å². The van der Waals surface area contributed by atoms with Crippen molar-refractivity contribution in [1.82, 2.24) is 5.32 Å². The number of alkyl halides is 3. The summed E-state index contributed by atoms with van der Waals surface area (Å²) >= 11 is 10.9. The second-order valence-electron chi connectivity index (χ2n) is 7.80. The topological polar surface area (TPSA) is 27.3 Å². The molecule has 0 unspecified atom stereocenters. The Labute approximate surface area is 185 Å². The zero-order valence-electron chi connectivity index (χ0n) is 16.9. The average molecular weight is 456 g/mol. The normalized spacial score (nSPS) is 18.1. The van der Waals surface area contributed by atoms with Gasteiger partial charge in [0.1, 0.15) is 0 Å². The van der Waals surface area contributed by atoms with Crippen LogP contribution in [0.1, 0.15) is 43.9 Å². The number of thiocarbonyl (C=S) groups is 1. The van der Waals surface area contributed by atoms with Crippen LogP contribution >= 0.6 is 23.8 Å². The van der Waals surface area contributed by atoms with Crippen molar-refractivity contribution in [2.45, 2.75) is 38.9 Å². The van der Waals surface area contributed by atoms with Crippen LogP contribution in [-0.4, -0.2) is 18.2 Å². The fourth-order valence-corrected chi connectivity index (χ4v) is 4.18. The minimum Gasteiger partial charge on any atom is -0.371 e. The van der Waals surface area contributed by atoms with Gasteiger partial charge in [0.15, 0.2) is 5.11 Å². The van der Waals surface area contributed by atoms with Crippen molar-refractivity contribution in [2.24, 2.45) is 5.92 Å². The number of benzene rings is 2. The molecule has 0 radical (unpaired) electrons. The first-order valence-corrected chi connectivity index (χ1v) is 10.7. The van der Waals surface area contributed by atoms with E-state index in [1.165, 1.54) is 30.7 Å². The van der Waals surface area contributed by atoms with Crippen LogP contribution in [-0.2, 0) is 6.18 Å². The van der Waals surface area contributed by atoms with E-state index < -0.39 is 11.7 Å². The number of nitrogens with one attached hydrogen (secondary N) is 2. The number of anilines is 2. The third-order valence-electron chi connectivity index (χ3n) is 5.29. The predicted octanol–water partition coefficient (Wildman–Crippen LogP) is 6.64. The molecule has 1 heterocycles. The molecule has 1 fully saturated rings. The largest absolute Gasteiger partial charge is 0.417 e. The number of nitrogens with zero attached hydrogens (tertiary/aromatic N) is 1.